The van der Waals surface area contributed by atoms with Crippen LogP contribution in [0.25, 0.3) is 0 Å². The Labute approximate surface area is 110 Å². The minimum atomic E-state index is -0.253. The molecule has 0 saturated heterocycles. The molecule has 3 N–H and O–H groups in total. The molecule has 0 aliphatic rings. The molecule has 0 spiro atoms. The van der Waals surface area contributed by atoms with Gasteiger partial charge in [0.15, 0.2) is 0 Å². The van der Waals surface area contributed by atoms with Crippen LogP contribution in [0.2, 0.25) is 0 Å². The van der Waals surface area contributed by atoms with Crippen LogP contribution in [-0.4, -0.2) is 27.2 Å². The number of nitrogens with zero attached hydrogens (tertiary/aromatic N) is 3. The van der Waals surface area contributed by atoms with Crippen LogP contribution in [0.5, 0.6) is 0 Å². The summed E-state index contributed by atoms with van der Waals surface area (Å²) in [6.45, 7) is 0.270. The van der Waals surface area contributed by atoms with Gasteiger partial charge in [0.2, 0.25) is 0 Å². The molecule has 0 aliphatic carbocycles. The first-order chi connectivity index (χ1) is 9.19. The van der Waals surface area contributed by atoms with Crippen LogP contribution in [0.4, 0.5) is 5.69 Å². The van der Waals surface area contributed by atoms with Crippen LogP contribution in [0.3, 0.4) is 0 Å². The van der Waals surface area contributed by atoms with Gasteiger partial charge in [-0.1, -0.05) is 11.8 Å². The first-order valence-corrected chi connectivity index (χ1v) is 5.63. The van der Waals surface area contributed by atoms with E-state index < -0.39 is 0 Å². The van der Waals surface area contributed by atoms with E-state index in [1.807, 2.05) is 0 Å². The first-order valence-electron chi connectivity index (χ1n) is 5.63. The Morgan fingerprint density at radius 3 is 3.00 bits per heavy atom. The van der Waals surface area contributed by atoms with Crippen molar-refractivity contribution in [2.24, 2.45) is 12.8 Å². The molecule has 2 aromatic rings. The van der Waals surface area contributed by atoms with Gasteiger partial charge in [0, 0.05) is 31.2 Å². The van der Waals surface area contributed by atoms with E-state index in [2.05, 4.69) is 27.2 Å². The van der Waals surface area contributed by atoms with E-state index in [0.717, 1.165) is 0 Å². The molecule has 96 valence electrons. The number of carbonyl (C=O) groups excluding carboxylic acids is 1. The number of aromatic nitrogens is 3. The van der Waals surface area contributed by atoms with E-state index in [1.54, 1.807) is 36.4 Å². The average Bonchev–Trinajstić information content (AvgIpc) is 2.82. The van der Waals surface area contributed by atoms with Crippen LogP contribution in [0, 0.1) is 11.8 Å². The number of rotatable bonds is 2. The molecule has 0 radical (unpaired) electrons. The van der Waals surface area contributed by atoms with Crippen molar-refractivity contribution in [2.45, 2.75) is 0 Å². The van der Waals surface area contributed by atoms with Gasteiger partial charge in [-0.2, -0.15) is 5.10 Å². The Bertz CT molecular complexity index is 650. The first kappa shape index (κ1) is 12.8. The van der Waals surface area contributed by atoms with Crippen LogP contribution in [0.1, 0.15) is 15.9 Å². The molecular formula is C13H13N5O. The number of nitrogens with two attached hydrogens (primary N) is 1. The van der Waals surface area contributed by atoms with Gasteiger partial charge in [0.05, 0.1) is 24.0 Å². The number of hydrogen-bond acceptors (Lipinski definition) is 4. The van der Waals surface area contributed by atoms with E-state index in [-0.39, 0.29) is 12.5 Å². The maximum atomic E-state index is 12.0. The van der Waals surface area contributed by atoms with Crippen molar-refractivity contribution in [1.82, 2.24) is 14.8 Å². The second-order valence-corrected chi connectivity index (χ2v) is 3.82. The molecule has 2 heterocycles. The fourth-order valence-corrected chi connectivity index (χ4v) is 1.47. The Balaban J connectivity index is 2.15. The summed E-state index contributed by atoms with van der Waals surface area (Å²) < 4.78 is 1.61. The summed E-state index contributed by atoms with van der Waals surface area (Å²) >= 11 is 0. The summed E-state index contributed by atoms with van der Waals surface area (Å²) in [6.07, 6.45) is 6.36. The van der Waals surface area contributed by atoms with E-state index in [0.29, 0.717) is 16.8 Å². The quantitative estimate of drug-likeness (QED) is 0.759. The van der Waals surface area contributed by atoms with Crippen LogP contribution >= 0.6 is 0 Å². The van der Waals surface area contributed by atoms with Gasteiger partial charge in [0.1, 0.15) is 0 Å². The van der Waals surface area contributed by atoms with Gasteiger partial charge in [-0.05, 0) is 6.07 Å². The summed E-state index contributed by atoms with van der Waals surface area (Å²) in [7, 11) is 1.78. The largest absolute Gasteiger partial charge is 0.320 e. The highest BCUT2D eigenvalue weighted by Gasteiger charge is 2.07. The fraction of sp³-hybridized carbons (Fsp3) is 0.154. The second kappa shape index (κ2) is 5.80. The van der Waals surface area contributed by atoms with E-state index in [9.17, 15) is 4.79 Å². The lowest BCUT2D eigenvalue weighted by molar-refractivity contribution is 0.102. The second-order valence-electron chi connectivity index (χ2n) is 3.82. The number of pyridine rings is 1. The van der Waals surface area contributed by atoms with Crippen molar-refractivity contribution < 1.29 is 4.79 Å². The third kappa shape index (κ3) is 3.40. The molecule has 0 aromatic carbocycles. The van der Waals surface area contributed by atoms with Crippen LogP contribution in [0.15, 0.2) is 30.9 Å². The average molecular weight is 255 g/mol. The number of nitrogens with one attached hydrogen (secondary N) is 1. The third-order valence-corrected chi connectivity index (χ3v) is 2.30. The van der Waals surface area contributed by atoms with Gasteiger partial charge in [-0.3, -0.25) is 14.5 Å². The summed E-state index contributed by atoms with van der Waals surface area (Å²) in [6, 6.07) is 1.67. The summed E-state index contributed by atoms with van der Waals surface area (Å²) in [5, 5.41) is 6.70. The van der Waals surface area contributed by atoms with E-state index in [1.165, 1.54) is 6.20 Å². The lowest BCUT2D eigenvalue weighted by Gasteiger charge is -2.02. The van der Waals surface area contributed by atoms with Crippen molar-refractivity contribution in [2.75, 3.05) is 11.9 Å². The highest BCUT2D eigenvalue weighted by molar-refractivity contribution is 6.04. The minimum Gasteiger partial charge on any atom is -0.320 e. The summed E-state index contributed by atoms with van der Waals surface area (Å²) in [5.74, 6) is 5.30. The highest BCUT2D eigenvalue weighted by atomic mass is 16.1. The van der Waals surface area contributed by atoms with Crippen LogP contribution < -0.4 is 11.1 Å². The minimum absolute atomic E-state index is 0.253. The molecule has 0 fully saturated rings. The maximum absolute atomic E-state index is 12.0. The van der Waals surface area contributed by atoms with Crippen LogP contribution in [-0.2, 0) is 7.05 Å². The van der Waals surface area contributed by atoms with Gasteiger partial charge in [0.25, 0.3) is 5.91 Å². The standard InChI is InChI=1S/C13H13N5O/c1-18-9-12(8-16-18)17-13(19)11-5-10(3-2-4-14)6-15-7-11/h5-9H,4,14H2,1H3,(H,17,19). The third-order valence-electron chi connectivity index (χ3n) is 2.30. The van der Waals surface area contributed by atoms with E-state index >= 15 is 0 Å². The molecule has 0 bridgehead atoms. The number of aryl methyl sites for hydroxylation is 1. The Morgan fingerprint density at radius 2 is 2.32 bits per heavy atom. The lowest BCUT2D eigenvalue weighted by Crippen LogP contribution is -2.12. The predicted octanol–water partition coefficient (Wildman–Crippen LogP) is 0.378. The lowest BCUT2D eigenvalue weighted by atomic mass is 10.2. The topological polar surface area (TPSA) is 85.8 Å². The molecule has 1 amide bonds. The normalized spacial score (nSPS) is 9.58. The molecule has 19 heavy (non-hydrogen) atoms. The zero-order valence-electron chi connectivity index (χ0n) is 10.4. The van der Waals surface area contributed by atoms with Crippen molar-refractivity contribution in [3.63, 3.8) is 0 Å². The zero-order valence-corrected chi connectivity index (χ0v) is 10.4. The molecule has 6 heteroatoms. The monoisotopic (exact) mass is 255 g/mol. The van der Waals surface area contributed by atoms with Crippen molar-refractivity contribution in [1.29, 1.82) is 0 Å². The highest BCUT2D eigenvalue weighted by Crippen LogP contribution is 2.08. The SMILES string of the molecule is Cn1cc(NC(=O)c2cncc(C#CCN)c2)cn1. The Kier molecular flexibility index (Phi) is 3.90. The summed E-state index contributed by atoms with van der Waals surface area (Å²) in [5.41, 5.74) is 7.02. The van der Waals surface area contributed by atoms with Crippen molar-refractivity contribution in [3.05, 3.63) is 42.0 Å². The molecule has 0 aliphatic heterocycles. The smallest absolute Gasteiger partial charge is 0.257 e. The number of anilines is 1. The fourth-order valence-electron chi connectivity index (χ4n) is 1.47. The molecule has 2 rings (SSSR count). The molecule has 0 atom stereocenters. The number of hydrogen-bond donors (Lipinski definition) is 2. The molecular weight excluding hydrogens is 242 g/mol. The number of amides is 1. The molecule has 0 saturated carbocycles. The zero-order chi connectivity index (χ0) is 13.7. The van der Waals surface area contributed by atoms with Gasteiger partial charge in [-0.25, -0.2) is 0 Å². The molecule has 2 aromatic heterocycles. The maximum Gasteiger partial charge on any atom is 0.257 e. The summed E-state index contributed by atoms with van der Waals surface area (Å²) in [4.78, 5) is 16.0. The number of carbonyl (C=O) groups is 1. The predicted molar refractivity (Wildman–Crippen MR) is 71.3 cm³/mol. The van der Waals surface area contributed by atoms with Crippen molar-refractivity contribution in [3.8, 4) is 11.8 Å². The Morgan fingerprint density at radius 1 is 1.47 bits per heavy atom. The molecule has 6 nitrogen and oxygen atoms in total. The van der Waals surface area contributed by atoms with E-state index in [4.69, 9.17) is 5.73 Å². The van der Waals surface area contributed by atoms with Gasteiger partial charge >= 0.3 is 0 Å². The Hall–Kier alpha value is -2.65. The van der Waals surface area contributed by atoms with Gasteiger partial charge < -0.3 is 11.1 Å². The van der Waals surface area contributed by atoms with Crippen molar-refractivity contribution >= 4 is 11.6 Å². The molecule has 0 unspecified atom stereocenters. The van der Waals surface area contributed by atoms with Gasteiger partial charge in [-0.15, -0.1) is 0 Å².